The van der Waals surface area contributed by atoms with Gasteiger partial charge in [0.05, 0.1) is 24.2 Å². The van der Waals surface area contributed by atoms with Gasteiger partial charge in [-0.05, 0) is 37.6 Å². The van der Waals surface area contributed by atoms with Crippen molar-refractivity contribution in [2.75, 3.05) is 6.61 Å². The van der Waals surface area contributed by atoms with Crippen molar-refractivity contribution in [2.45, 2.75) is 20.3 Å². The van der Waals surface area contributed by atoms with Crippen molar-refractivity contribution in [2.24, 2.45) is 10.7 Å². The van der Waals surface area contributed by atoms with Gasteiger partial charge in [-0.3, -0.25) is 10.1 Å². The topological polar surface area (TPSA) is 102 Å². The molecule has 0 fully saturated rings. The van der Waals surface area contributed by atoms with Gasteiger partial charge in [0.25, 0.3) is 5.95 Å². The molecule has 3 aromatic rings. The second-order valence-corrected chi connectivity index (χ2v) is 5.93. The summed E-state index contributed by atoms with van der Waals surface area (Å²) in [6.07, 6.45) is 0.217. The number of guanidine groups is 1. The quantitative estimate of drug-likeness (QED) is 0.536. The molecule has 0 aliphatic rings. The van der Waals surface area contributed by atoms with Crippen LogP contribution in [0, 0.1) is 6.92 Å². The van der Waals surface area contributed by atoms with Gasteiger partial charge in [-0.25, -0.2) is 9.97 Å². The highest BCUT2D eigenvalue weighted by Gasteiger charge is 2.08. The Kier molecular flexibility index (Phi) is 5.61. The maximum atomic E-state index is 12.1. The van der Waals surface area contributed by atoms with Gasteiger partial charge in [0.1, 0.15) is 5.75 Å². The summed E-state index contributed by atoms with van der Waals surface area (Å²) in [5.74, 6) is 0.671. The Morgan fingerprint density at radius 3 is 2.70 bits per heavy atom. The number of fused-ring (bicyclic) bond motifs is 1. The lowest BCUT2D eigenvalue weighted by Gasteiger charge is -2.07. The van der Waals surface area contributed by atoms with Crippen LogP contribution >= 0.6 is 0 Å². The van der Waals surface area contributed by atoms with Gasteiger partial charge in [-0.1, -0.05) is 30.3 Å². The first-order valence-electron chi connectivity index (χ1n) is 8.64. The number of nitrogens with zero attached hydrogens (tertiary/aromatic N) is 3. The number of hydrogen-bond acceptors (Lipinski definition) is 5. The highest BCUT2D eigenvalue weighted by Crippen LogP contribution is 2.23. The summed E-state index contributed by atoms with van der Waals surface area (Å²) in [5.41, 5.74) is 8.21. The minimum atomic E-state index is -0.249. The molecule has 2 aromatic carbocycles. The molecule has 0 aliphatic heterocycles. The van der Waals surface area contributed by atoms with Gasteiger partial charge in [0.2, 0.25) is 11.9 Å². The summed E-state index contributed by atoms with van der Waals surface area (Å²) in [6.45, 7) is 4.39. The number of ether oxygens (including phenoxy) is 1. The van der Waals surface area contributed by atoms with Crippen LogP contribution in [-0.4, -0.2) is 28.4 Å². The molecule has 0 aliphatic carbocycles. The van der Waals surface area contributed by atoms with Gasteiger partial charge in [-0.15, -0.1) is 0 Å². The third-order valence-electron chi connectivity index (χ3n) is 3.85. The number of amides is 1. The van der Waals surface area contributed by atoms with Crippen molar-refractivity contribution >= 4 is 28.7 Å². The predicted molar refractivity (Wildman–Crippen MR) is 105 cm³/mol. The molecule has 0 saturated carbocycles. The maximum absolute atomic E-state index is 12.1. The Hall–Kier alpha value is -3.48. The third kappa shape index (κ3) is 4.78. The fourth-order valence-corrected chi connectivity index (χ4v) is 2.66. The van der Waals surface area contributed by atoms with Gasteiger partial charge in [-0.2, -0.15) is 4.99 Å². The summed E-state index contributed by atoms with van der Waals surface area (Å²) in [4.78, 5) is 24.9. The largest absolute Gasteiger partial charge is 0.494 e. The molecule has 3 N–H and O–H groups in total. The van der Waals surface area contributed by atoms with E-state index >= 15 is 0 Å². The number of aromatic nitrogens is 2. The van der Waals surface area contributed by atoms with Crippen LogP contribution in [0.2, 0.25) is 0 Å². The second-order valence-electron chi connectivity index (χ2n) is 5.93. The van der Waals surface area contributed by atoms with Gasteiger partial charge >= 0.3 is 0 Å². The molecule has 138 valence electrons. The summed E-state index contributed by atoms with van der Waals surface area (Å²) in [7, 11) is 0. The molecule has 0 spiro atoms. The molecule has 1 aromatic heterocycles. The number of rotatable bonds is 5. The van der Waals surface area contributed by atoms with Gasteiger partial charge in [0.15, 0.2) is 0 Å². The molecule has 0 bridgehead atoms. The Labute approximate surface area is 157 Å². The lowest BCUT2D eigenvalue weighted by Crippen LogP contribution is -2.37. The smallest absolute Gasteiger partial charge is 0.253 e. The van der Waals surface area contributed by atoms with E-state index in [-0.39, 0.29) is 24.2 Å². The molecule has 0 saturated heterocycles. The summed E-state index contributed by atoms with van der Waals surface area (Å²) >= 11 is 0. The molecule has 0 unspecified atom stereocenters. The van der Waals surface area contributed by atoms with Crippen molar-refractivity contribution < 1.29 is 9.53 Å². The number of aliphatic imine (C=N–C) groups is 1. The molecule has 7 nitrogen and oxygen atoms in total. The van der Waals surface area contributed by atoms with Crippen molar-refractivity contribution in [3.05, 3.63) is 59.8 Å². The highest BCUT2D eigenvalue weighted by atomic mass is 16.5. The van der Waals surface area contributed by atoms with Crippen molar-refractivity contribution in [3.63, 3.8) is 0 Å². The highest BCUT2D eigenvalue weighted by molar-refractivity contribution is 5.97. The minimum absolute atomic E-state index is 0.0411. The monoisotopic (exact) mass is 363 g/mol. The number of nitrogens with one attached hydrogen (secondary N) is 1. The zero-order valence-electron chi connectivity index (χ0n) is 15.3. The van der Waals surface area contributed by atoms with Gasteiger partial charge in [0, 0.05) is 5.39 Å². The number of carbonyl (C=O) groups excluding carboxylic acids is 1. The molecule has 3 rings (SSSR count). The number of hydrogen-bond donors (Lipinski definition) is 2. The van der Waals surface area contributed by atoms with Crippen LogP contribution in [0.15, 0.2) is 53.5 Å². The minimum Gasteiger partial charge on any atom is -0.494 e. The maximum Gasteiger partial charge on any atom is 0.253 e. The third-order valence-corrected chi connectivity index (χ3v) is 3.85. The molecule has 0 radical (unpaired) electrons. The Morgan fingerprint density at radius 2 is 1.96 bits per heavy atom. The number of carbonyl (C=O) groups is 1. The average molecular weight is 363 g/mol. The van der Waals surface area contributed by atoms with Gasteiger partial charge < -0.3 is 10.5 Å². The van der Waals surface area contributed by atoms with E-state index < -0.39 is 0 Å². The lowest BCUT2D eigenvalue weighted by atomic mass is 10.1. The van der Waals surface area contributed by atoms with Crippen LogP contribution in [0.25, 0.3) is 10.9 Å². The fraction of sp³-hybridized carbons (Fsp3) is 0.200. The van der Waals surface area contributed by atoms with E-state index in [1.165, 1.54) is 0 Å². The first kappa shape index (κ1) is 18.3. The molecule has 27 heavy (non-hydrogen) atoms. The summed E-state index contributed by atoms with van der Waals surface area (Å²) < 4.78 is 5.51. The van der Waals surface area contributed by atoms with Crippen LogP contribution in [0.1, 0.15) is 18.2 Å². The van der Waals surface area contributed by atoms with Crippen molar-refractivity contribution in [1.29, 1.82) is 0 Å². The Bertz CT molecular complexity index is 986. The van der Waals surface area contributed by atoms with E-state index in [1.54, 1.807) is 0 Å². The van der Waals surface area contributed by atoms with E-state index in [4.69, 9.17) is 10.5 Å². The van der Waals surface area contributed by atoms with Crippen LogP contribution in [0.5, 0.6) is 5.75 Å². The van der Waals surface area contributed by atoms with Crippen LogP contribution < -0.4 is 15.8 Å². The first-order chi connectivity index (χ1) is 13.0. The van der Waals surface area contributed by atoms with E-state index in [0.717, 1.165) is 27.9 Å². The number of nitrogens with two attached hydrogens (primary N) is 1. The van der Waals surface area contributed by atoms with E-state index in [0.29, 0.717) is 6.61 Å². The molecule has 7 heteroatoms. The molecular formula is C20H21N5O2. The second kappa shape index (κ2) is 8.27. The van der Waals surface area contributed by atoms with Crippen molar-refractivity contribution in [3.8, 4) is 5.75 Å². The molecular weight excluding hydrogens is 342 g/mol. The average Bonchev–Trinajstić information content (AvgIpc) is 2.63. The molecule has 1 amide bonds. The molecule has 1 heterocycles. The standard InChI is InChI=1S/C20H21N5O2/c1-3-27-15-9-10-17-16(12-15)13(2)22-20(23-17)25-19(21)24-18(26)11-14-7-5-4-6-8-14/h4-10,12H,3,11H2,1-2H3,(H3,21,22,23,24,25,26). The Morgan fingerprint density at radius 1 is 1.19 bits per heavy atom. The lowest BCUT2D eigenvalue weighted by molar-refractivity contribution is -0.119. The zero-order chi connectivity index (χ0) is 19.2. The zero-order valence-corrected chi connectivity index (χ0v) is 15.3. The van der Waals surface area contributed by atoms with Crippen LogP contribution in [0.3, 0.4) is 0 Å². The van der Waals surface area contributed by atoms with E-state index in [9.17, 15) is 4.79 Å². The van der Waals surface area contributed by atoms with E-state index in [1.807, 2.05) is 62.4 Å². The van der Waals surface area contributed by atoms with E-state index in [2.05, 4.69) is 20.3 Å². The van der Waals surface area contributed by atoms with Crippen LogP contribution in [-0.2, 0) is 11.2 Å². The van der Waals surface area contributed by atoms with Crippen LogP contribution in [0.4, 0.5) is 5.95 Å². The summed E-state index contributed by atoms with van der Waals surface area (Å²) in [5, 5.41) is 3.44. The summed E-state index contributed by atoms with van der Waals surface area (Å²) in [6, 6.07) is 15.0. The molecule has 0 atom stereocenters. The normalized spacial score (nSPS) is 11.4. The predicted octanol–water partition coefficient (Wildman–Crippen LogP) is 2.64. The first-order valence-corrected chi connectivity index (χ1v) is 8.64. The number of benzene rings is 2. The Balaban J connectivity index is 1.76. The van der Waals surface area contributed by atoms with Crippen molar-refractivity contribution in [1.82, 2.24) is 15.3 Å². The SMILES string of the molecule is CCOc1ccc2nc(N=C(N)NC(=O)Cc3ccccc3)nc(C)c2c1. The number of aryl methyl sites for hydroxylation is 1. The fourth-order valence-electron chi connectivity index (χ4n) is 2.66.